The first-order chi connectivity index (χ1) is 14.7. The van der Waals surface area contributed by atoms with E-state index in [1.54, 1.807) is 29.0 Å². The van der Waals surface area contributed by atoms with Crippen LogP contribution in [-0.2, 0) is 4.74 Å². The topological polar surface area (TPSA) is 73.4 Å². The summed E-state index contributed by atoms with van der Waals surface area (Å²) in [7, 11) is 0. The van der Waals surface area contributed by atoms with E-state index < -0.39 is 5.95 Å². The maximum absolute atomic E-state index is 14.6. The second kappa shape index (κ2) is 8.16. The van der Waals surface area contributed by atoms with Crippen molar-refractivity contribution in [2.75, 3.05) is 24.7 Å². The fraction of sp³-hybridized carbons (Fsp3) is 0.263. The highest BCUT2D eigenvalue weighted by Crippen LogP contribution is 2.35. The van der Waals surface area contributed by atoms with Crippen molar-refractivity contribution in [3.8, 4) is 22.5 Å². The Morgan fingerprint density at radius 2 is 2.10 bits per heavy atom. The third kappa shape index (κ3) is 3.36. The van der Waals surface area contributed by atoms with Gasteiger partial charge in [-0.1, -0.05) is 0 Å². The Balaban J connectivity index is 1.77. The highest BCUT2D eigenvalue weighted by Gasteiger charge is 2.24. The van der Waals surface area contributed by atoms with Crippen molar-refractivity contribution in [2.24, 2.45) is 0 Å². The first-order valence-electron chi connectivity index (χ1n) is 9.42. The van der Waals surface area contributed by atoms with Gasteiger partial charge in [0.1, 0.15) is 5.82 Å². The van der Waals surface area contributed by atoms with Crippen molar-refractivity contribution in [3.05, 3.63) is 48.8 Å². The van der Waals surface area contributed by atoms with Crippen LogP contribution in [0.1, 0.15) is 6.92 Å². The Bertz CT molecular complexity index is 1210. The lowest BCUT2D eigenvalue weighted by atomic mass is 10.1. The number of pyridine rings is 1. The molecule has 5 heterocycles. The van der Waals surface area contributed by atoms with Crippen molar-refractivity contribution < 1.29 is 9.13 Å². The highest BCUT2D eigenvalue weighted by molar-refractivity contribution is 14.2. The summed E-state index contributed by atoms with van der Waals surface area (Å²) in [6, 6.07) is 7.41. The Kier molecular flexibility index (Phi) is 5.38. The lowest BCUT2D eigenvalue weighted by Gasteiger charge is -2.34. The fourth-order valence-electron chi connectivity index (χ4n) is 3.69. The van der Waals surface area contributed by atoms with Crippen molar-refractivity contribution in [1.82, 2.24) is 29.1 Å². The van der Waals surface area contributed by atoms with Gasteiger partial charge in [-0.3, -0.25) is 0 Å². The molecule has 154 valence electrons. The lowest BCUT2D eigenvalue weighted by molar-refractivity contribution is 0.0985. The van der Waals surface area contributed by atoms with E-state index in [9.17, 15) is 4.39 Å². The van der Waals surface area contributed by atoms with Crippen molar-refractivity contribution in [2.45, 2.75) is 13.0 Å². The molecule has 0 aliphatic carbocycles. The minimum absolute atomic E-state index is 0.160. The second-order valence-electron chi connectivity index (χ2n) is 6.97. The molecule has 5 rings (SSSR count). The molecule has 0 aromatic carbocycles. The molecule has 11 heteroatoms. The monoisotopic (exact) mass is 537 g/mol. The number of hydrogen-bond donors (Lipinski definition) is 0. The predicted molar refractivity (Wildman–Crippen MR) is 123 cm³/mol. The number of aromatic nitrogens is 6. The van der Waals surface area contributed by atoms with Crippen molar-refractivity contribution >= 4 is 39.9 Å². The average Bonchev–Trinajstić information content (AvgIpc) is 3.40. The summed E-state index contributed by atoms with van der Waals surface area (Å²) in [4.78, 5) is 11.0. The molecule has 0 saturated carbocycles. The third-order valence-electron chi connectivity index (χ3n) is 5.15. The zero-order valence-electron chi connectivity index (χ0n) is 16.0. The van der Waals surface area contributed by atoms with Gasteiger partial charge in [0.25, 0.3) is 0 Å². The van der Waals surface area contributed by atoms with Crippen LogP contribution in [0, 0.1) is 5.95 Å². The van der Waals surface area contributed by atoms with E-state index in [2.05, 4.69) is 49.0 Å². The summed E-state index contributed by atoms with van der Waals surface area (Å²) in [5.74, 6) is 0.225. The predicted octanol–water partition coefficient (Wildman–Crippen LogP) is 3.81. The number of anilines is 1. The van der Waals surface area contributed by atoms with Gasteiger partial charge in [0, 0.05) is 25.0 Å². The molecule has 0 N–H and O–H groups in total. The van der Waals surface area contributed by atoms with Crippen LogP contribution >= 0.6 is 28.4 Å². The molecule has 0 amide bonds. The van der Waals surface area contributed by atoms with Crippen LogP contribution in [0.4, 0.5) is 10.2 Å². The zero-order chi connectivity index (χ0) is 20.7. The Morgan fingerprint density at radius 3 is 2.90 bits per heavy atom. The van der Waals surface area contributed by atoms with Gasteiger partial charge in [0.15, 0.2) is 5.65 Å². The van der Waals surface area contributed by atoms with Gasteiger partial charge < -0.3 is 9.64 Å². The highest BCUT2D eigenvalue weighted by atomic mass is 127. The molecule has 4 aromatic heterocycles. The molecule has 4 aromatic rings. The minimum Gasteiger partial charge on any atom is -0.377 e. The van der Waals surface area contributed by atoms with Crippen LogP contribution in [0.3, 0.4) is 0 Å². The van der Waals surface area contributed by atoms with E-state index in [1.807, 2.05) is 16.6 Å². The molecule has 1 aliphatic rings. The Labute approximate surface area is 186 Å². The van der Waals surface area contributed by atoms with Gasteiger partial charge in [-0.2, -0.15) is 14.6 Å². The van der Waals surface area contributed by atoms with Crippen molar-refractivity contribution in [3.63, 3.8) is 0 Å². The molecular formula is C19H18FIN7OP. The summed E-state index contributed by atoms with van der Waals surface area (Å²) < 4.78 is 23.8. The number of morpholine rings is 1. The van der Waals surface area contributed by atoms with Gasteiger partial charge in [-0.25, -0.2) is 18.9 Å². The number of fused-ring (bicyclic) bond motifs is 1. The molecule has 0 spiro atoms. The number of halogens is 2. The van der Waals surface area contributed by atoms with Crippen LogP contribution < -0.4 is 4.90 Å². The Morgan fingerprint density at radius 1 is 1.20 bits per heavy atom. The van der Waals surface area contributed by atoms with Crippen LogP contribution in [0.2, 0.25) is 0 Å². The standard InChI is InChI=1S/C19H18FIN7OP/c1-12-11-29-8-7-26(12)17-9-16(13-3-2-5-22-18(13)20)27-19(25-17)14(10-24-27)15-4-6-23-28(15)30-21/h2-6,9-10,12,30H,7-8,11H2,1H3/t12-/m1/s1. The van der Waals surface area contributed by atoms with Gasteiger partial charge in [-0.05, 0) is 47.2 Å². The largest absolute Gasteiger partial charge is 0.377 e. The first kappa shape index (κ1) is 19.8. The molecule has 1 saturated heterocycles. The summed E-state index contributed by atoms with van der Waals surface area (Å²) >= 11 is 2.29. The van der Waals surface area contributed by atoms with E-state index in [4.69, 9.17) is 9.72 Å². The van der Waals surface area contributed by atoms with E-state index in [1.165, 1.54) is 6.20 Å². The van der Waals surface area contributed by atoms with Gasteiger partial charge >= 0.3 is 0 Å². The number of rotatable bonds is 4. The number of nitrogens with zero attached hydrogens (tertiary/aromatic N) is 7. The summed E-state index contributed by atoms with van der Waals surface area (Å²) in [6.45, 7) is 4.07. The summed E-state index contributed by atoms with van der Waals surface area (Å²) in [5, 5.41) is 8.93. The molecule has 8 nitrogen and oxygen atoms in total. The number of ether oxygens (including phenoxy) is 1. The first-order valence-corrected chi connectivity index (χ1v) is 13.5. The molecular weight excluding hydrogens is 519 g/mol. The normalized spacial score (nSPS) is 17.4. The fourth-order valence-corrected chi connectivity index (χ4v) is 5.24. The minimum atomic E-state index is -0.540. The zero-order valence-corrected chi connectivity index (χ0v) is 19.2. The molecule has 30 heavy (non-hydrogen) atoms. The van der Waals surface area contributed by atoms with E-state index in [-0.39, 0.29) is 6.04 Å². The maximum atomic E-state index is 14.6. The molecule has 1 aliphatic heterocycles. The van der Waals surface area contributed by atoms with Crippen LogP contribution in [-0.4, -0.2) is 54.9 Å². The third-order valence-corrected chi connectivity index (χ3v) is 7.04. The Hall–Kier alpha value is -2.17. The average molecular weight is 537 g/mol. The van der Waals surface area contributed by atoms with E-state index in [0.717, 1.165) is 23.6 Å². The molecule has 0 radical (unpaired) electrons. The van der Waals surface area contributed by atoms with Gasteiger partial charge in [0.05, 0.1) is 54.3 Å². The number of hydrogen-bond acceptors (Lipinski definition) is 6. The van der Waals surface area contributed by atoms with E-state index >= 15 is 0 Å². The molecule has 0 bridgehead atoms. The molecule has 1 unspecified atom stereocenters. The molecule has 2 atom stereocenters. The SMILES string of the molecule is C[C@@H]1COCCN1c1cc(-c2cccnc2F)n2ncc(-c3ccnn3PI)c2n1. The van der Waals surface area contributed by atoms with Crippen LogP contribution in [0.15, 0.2) is 42.9 Å². The maximum Gasteiger partial charge on any atom is 0.222 e. The van der Waals surface area contributed by atoms with Crippen LogP contribution in [0.5, 0.6) is 0 Å². The smallest absolute Gasteiger partial charge is 0.222 e. The molecule has 1 fully saturated rings. The summed E-state index contributed by atoms with van der Waals surface area (Å²) in [6.07, 6.45) is 5.41. The quantitative estimate of drug-likeness (QED) is 0.224. The van der Waals surface area contributed by atoms with Gasteiger partial charge in [-0.15, -0.1) is 0 Å². The lowest BCUT2D eigenvalue weighted by Crippen LogP contribution is -2.44. The van der Waals surface area contributed by atoms with Crippen LogP contribution in [0.25, 0.3) is 28.2 Å². The van der Waals surface area contributed by atoms with Crippen molar-refractivity contribution in [1.29, 1.82) is 0 Å². The summed E-state index contributed by atoms with van der Waals surface area (Å²) in [5.41, 5.74) is 3.42. The van der Waals surface area contributed by atoms with E-state index in [0.29, 0.717) is 36.5 Å². The van der Waals surface area contributed by atoms with Gasteiger partial charge in [0.2, 0.25) is 5.95 Å². The second-order valence-corrected chi connectivity index (χ2v) is 9.01.